The van der Waals surface area contributed by atoms with E-state index < -0.39 is 0 Å². The molecule has 0 amide bonds. The summed E-state index contributed by atoms with van der Waals surface area (Å²) in [5.41, 5.74) is 3.72. The Balaban J connectivity index is 1.88. The van der Waals surface area contributed by atoms with Gasteiger partial charge in [0.15, 0.2) is 0 Å². The van der Waals surface area contributed by atoms with E-state index in [1.165, 1.54) is 30.5 Å². The van der Waals surface area contributed by atoms with Crippen LogP contribution in [0.25, 0.3) is 0 Å². The average Bonchev–Trinajstić information content (AvgIpc) is 2.70. The van der Waals surface area contributed by atoms with Gasteiger partial charge in [-0.05, 0) is 43.6 Å². The number of hydrogen-bond donors (Lipinski definition) is 0. The molecule has 0 spiro atoms. The lowest BCUT2D eigenvalue weighted by molar-refractivity contribution is 0.627. The Morgan fingerprint density at radius 1 is 0.938 bits per heavy atom. The molecule has 1 heterocycles. The molecule has 82 valence electrons. The molecular weight excluding hydrogens is 196 g/mol. The Labute approximate surface area is 96.1 Å². The van der Waals surface area contributed by atoms with E-state index in [-0.39, 0.29) is 0 Å². The van der Waals surface area contributed by atoms with Crippen LogP contribution in [-0.4, -0.2) is 11.4 Å². The van der Waals surface area contributed by atoms with Gasteiger partial charge < -0.3 is 0 Å². The average molecular weight is 212 g/mol. The molecule has 0 aromatic heterocycles. The summed E-state index contributed by atoms with van der Waals surface area (Å²) >= 11 is 0. The van der Waals surface area contributed by atoms with Gasteiger partial charge in [0.05, 0.1) is 5.71 Å². The van der Waals surface area contributed by atoms with E-state index in [1.807, 2.05) is 6.07 Å². The first-order valence-electron chi connectivity index (χ1n) is 6.12. The smallest absolute Gasteiger partial charge is 0.0702 e. The minimum absolute atomic E-state index is 0.713. The molecule has 1 fully saturated rings. The lowest BCUT2D eigenvalue weighted by Gasteiger charge is -2.07. The largest absolute Gasteiger partial charge is 0.160 e. The molecule has 1 aromatic rings. The summed E-state index contributed by atoms with van der Waals surface area (Å²) in [6.45, 7) is 0. The molecule has 1 aliphatic carbocycles. The predicted molar refractivity (Wildman–Crippen MR) is 67.0 cm³/mol. The monoisotopic (exact) mass is 212 g/mol. The van der Waals surface area contributed by atoms with E-state index in [9.17, 15) is 0 Å². The standard InChI is InChI=1S/C14H16N2/c1-2-5-11(6-3-1)14-10-9-12-7-4-8-13(12)15-16-14/h1-3,5-6,12H,4,7-10H2/t12-/m1/s1. The molecule has 2 heteroatoms. The maximum absolute atomic E-state index is 4.45. The molecule has 0 saturated heterocycles. The molecule has 1 aliphatic heterocycles. The summed E-state index contributed by atoms with van der Waals surface area (Å²) in [5.74, 6) is 0.713. The Hall–Kier alpha value is -1.44. The number of hydrogen-bond acceptors (Lipinski definition) is 2. The summed E-state index contributed by atoms with van der Waals surface area (Å²) in [6, 6.07) is 10.4. The summed E-state index contributed by atoms with van der Waals surface area (Å²) in [6.07, 6.45) is 6.08. The highest BCUT2D eigenvalue weighted by Crippen LogP contribution is 2.29. The summed E-state index contributed by atoms with van der Waals surface area (Å²) in [7, 11) is 0. The third-order valence-corrected chi connectivity index (χ3v) is 3.59. The van der Waals surface area contributed by atoms with Crippen LogP contribution in [0.15, 0.2) is 40.5 Å². The van der Waals surface area contributed by atoms with Gasteiger partial charge in [0, 0.05) is 5.71 Å². The molecule has 0 unspecified atom stereocenters. The van der Waals surface area contributed by atoms with Crippen LogP contribution in [0.4, 0.5) is 0 Å². The fourth-order valence-corrected chi connectivity index (χ4v) is 2.66. The van der Waals surface area contributed by atoms with Crippen molar-refractivity contribution in [3.8, 4) is 0 Å². The third-order valence-electron chi connectivity index (χ3n) is 3.59. The highest BCUT2D eigenvalue weighted by Gasteiger charge is 2.24. The minimum atomic E-state index is 0.713. The Kier molecular flexibility index (Phi) is 2.56. The number of rotatable bonds is 1. The van der Waals surface area contributed by atoms with Crippen LogP contribution in [0.1, 0.15) is 37.7 Å². The topological polar surface area (TPSA) is 24.7 Å². The molecule has 2 nitrogen and oxygen atoms in total. The molecule has 3 rings (SSSR count). The van der Waals surface area contributed by atoms with E-state index in [2.05, 4.69) is 34.5 Å². The van der Waals surface area contributed by atoms with Gasteiger partial charge in [-0.3, -0.25) is 0 Å². The van der Waals surface area contributed by atoms with Crippen molar-refractivity contribution in [1.82, 2.24) is 0 Å². The van der Waals surface area contributed by atoms with Crippen LogP contribution in [0.3, 0.4) is 0 Å². The van der Waals surface area contributed by atoms with Crippen LogP contribution in [0.2, 0.25) is 0 Å². The second kappa shape index (κ2) is 4.20. The van der Waals surface area contributed by atoms with Crippen molar-refractivity contribution in [2.45, 2.75) is 32.1 Å². The van der Waals surface area contributed by atoms with Crippen molar-refractivity contribution in [3.05, 3.63) is 35.9 Å². The van der Waals surface area contributed by atoms with E-state index in [0.29, 0.717) is 5.92 Å². The molecular formula is C14H16N2. The lowest BCUT2D eigenvalue weighted by atomic mass is 9.96. The van der Waals surface area contributed by atoms with Gasteiger partial charge in [0.2, 0.25) is 0 Å². The van der Waals surface area contributed by atoms with Gasteiger partial charge in [-0.25, -0.2) is 0 Å². The van der Waals surface area contributed by atoms with E-state index >= 15 is 0 Å². The zero-order valence-electron chi connectivity index (χ0n) is 9.39. The SMILES string of the molecule is c1ccc(C2=NN=C3CCC[C@@H]3CC2)cc1. The molecule has 0 bridgehead atoms. The maximum atomic E-state index is 4.45. The van der Waals surface area contributed by atoms with Gasteiger partial charge in [-0.1, -0.05) is 30.3 Å². The second-order valence-electron chi connectivity index (χ2n) is 4.63. The van der Waals surface area contributed by atoms with Crippen molar-refractivity contribution in [3.63, 3.8) is 0 Å². The van der Waals surface area contributed by atoms with Gasteiger partial charge in [0.25, 0.3) is 0 Å². The van der Waals surface area contributed by atoms with Crippen LogP contribution >= 0.6 is 0 Å². The van der Waals surface area contributed by atoms with Gasteiger partial charge in [-0.15, -0.1) is 0 Å². The molecule has 1 saturated carbocycles. The zero-order valence-corrected chi connectivity index (χ0v) is 9.39. The van der Waals surface area contributed by atoms with Gasteiger partial charge in [-0.2, -0.15) is 10.2 Å². The van der Waals surface area contributed by atoms with E-state index in [0.717, 1.165) is 18.6 Å². The number of fused-ring (bicyclic) bond motifs is 1. The molecule has 0 N–H and O–H groups in total. The minimum Gasteiger partial charge on any atom is -0.160 e. The van der Waals surface area contributed by atoms with Crippen LogP contribution in [0, 0.1) is 5.92 Å². The fourth-order valence-electron chi connectivity index (χ4n) is 2.66. The first-order valence-corrected chi connectivity index (χ1v) is 6.12. The predicted octanol–water partition coefficient (Wildman–Crippen LogP) is 3.43. The van der Waals surface area contributed by atoms with Crippen molar-refractivity contribution in [2.75, 3.05) is 0 Å². The van der Waals surface area contributed by atoms with Crippen molar-refractivity contribution < 1.29 is 0 Å². The van der Waals surface area contributed by atoms with Crippen LogP contribution in [0.5, 0.6) is 0 Å². The number of nitrogens with zero attached hydrogens (tertiary/aromatic N) is 2. The highest BCUT2D eigenvalue weighted by molar-refractivity contribution is 6.02. The normalized spacial score (nSPS) is 24.4. The third kappa shape index (κ3) is 1.80. The fraction of sp³-hybridized carbons (Fsp3) is 0.429. The number of benzene rings is 1. The Morgan fingerprint density at radius 2 is 1.81 bits per heavy atom. The summed E-state index contributed by atoms with van der Waals surface area (Å²) in [5, 5.41) is 8.89. The van der Waals surface area contributed by atoms with Gasteiger partial charge in [0.1, 0.15) is 0 Å². The van der Waals surface area contributed by atoms with E-state index in [1.54, 1.807) is 0 Å². The molecule has 1 aromatic carbocycles. The van der Waals surface area contributed by atoms with Crippen molar-refractivity contribution >= 4 is 11.4 Å². The first kappa shape index (κ1) is 9.76. The Morgan fingerprint density at radius 3 is 2.69 bits per heavy atom. The van der Waals surface area contributed by atoms with Crippen molar-refractivity contribution in [2.24, 2.45) is 16.1 Å². The molecule has 0 radical (unpaired) electrons. The quantitative estimate of drug-likeness (QED) is 0.681. The first-order chi connectivity index (χ1) is 7.93. The summed E-state index contributed by atoms with van der Waals surface area (Å²) in [4.78, 5) is 0. The Bertz CT molecular complexity index is 431. The lowest BCUT2D eigenvalue weighted by Crippen LogP contribution is -2.06. The zero-order chi connectivity index (χ0) is 10.8. The van der Waals surface area contributed by atoms with Crippen LogP contribution < -0.4 is 0 Å². The van der Waals surface area contributed by atoms with Crippen LogP contribution in [-0.2, 0) is 0 Å². The second-order valence-corrected chi connectivity index (χ2v) is 4.63. The molecule has 16 heavy (non-hydrogen) atoms. The van der Waals surface area contributed by atoms with Crippen molar-refractivity contribution in [1.29, 1.82) is 0 Å². The molecule has 1 atom stereocenters. The highest BCUT2D eigenvalue weighted by atomic mass is 15.2. The summed E-state index contributed by atoms with van der Waals surface area (Å²) < 4.78 is 0. The molecule has 2 aliphatic rings. The van der Waals surface area contributed by atoms with E-state index in [4.69, 9.17) is 0 Å². The maximum Gasteiger partial charge on any atom is 0.0702 e. The van der Waals surface area contributed by atoms with Gasteiger partial charge >= 0.3 is 0 Å².